The van der Waals surface area contributed by atoms with Crippen molar-refractivity contribution < 1.29 is 9.90 Å². The lowest BCUT2D eigenvalue weighted by molar-refractivity contribution is -0.297. The van der Waals surface area contributed by atoms with Crippen LogP contribution in [0.4, 0.5) is 0 Å². The summed E-state index contributed by atoms with van der Waals surface area (Å²) in [6.07, 6.45) is 1.99. The van der Waals surface area contributed by atoms with E-state index < -0.39 is 5.97 Å². The van der Waals surface area contributed by atoms with Gasteiger partial charge in [0.25, 0.3) is 0 Å². The summed E-state index contributed by atoms with van der Waals surface area (Å²) in [6, 6.07) is 10.8. The molecule has 6 nitrogen and oxygen atoms in total. The third kappa shape index (κ3) is 2.41. The second kappa shape index (κ2) is 4.93. The quantitative estimate of drug-likeness (QED) is 0.697. The van der Waals surface area contributed by atoms with Crippen molar-refractivity contribution in [3.8, 4) is 11.8 Å². The molecule has 88 valence electrons. The Labute approximate surface area is 102 Å². The van der Waals surface area contributed by atoms with Crippen LogP contribution in [-0.2, 0) is 4.79 Å². The highest BCUT2D eigenvalue weighted by Crippen LogP contribution is 2.09. The fourth-order valence-corrected chi connectivity index (χ4v) is 1.33. The third-order valence-corrected chi connectivity index (χ3v) is 2.11. The van der Waals surface area contributed by atoms with Gasteiger partial charge in [-0.15, -0.1) is 15.0 Å². The molecule has 0 saturated carbocycles. The normalized spacial score (nSPS) is 10.4. The number of para-hydroxylation sites is 1. The van der Waals surface area contributed by atoms with Gasteiger partial charge in [0.1, 0.15) is 11.8 Å². The molecule has 1 aromatic heterocycles. The summed E-state index contributed by atoms with van der Waals surface area (Å²) < 4.78 is 0. The summed E-state index contributed by atoms with van der Waals surface area (Å²) in [5.74, 6) is -1.35. The van der Waals surface area contributed by atoms with E-state index in [1.165, 1.54) is 10.9 Å². The van der Waals surface area contributed by atoms with Crippen LogP contribution >= 0.6 is 0 Å². The van der Waals surface area contributed by atoms with E-state index in [9.17, 15) is 9.90 Å². The Morgan fingerprint density at radius 2 is 2.06 bits per heavy atom. The molecule has 18 heavy (non-hydrogen) atoms. The first-order valence-corrected chi connectivity index (χ1v) is 5.02. The molecule has 0 aliphatic carbocycles. The van der Waals surface area contributed by atoms with Gasteiger partial charge in [-0.05, 0) is 24.3 Å². The predicted octanol–water partition coefficient (Wildman–Crippen LogP) is -0.0979. The number of benzene rings is 1. The summed E-state index contributed by atoms with van der Waals surface area (Å²) in [5.41, 5.74) is 0.920. The Kier molecular flexibility index (Phi) is 3.16. The molecule has 0 aliphatic heterocycles. The van der Waals surface area contributed by atoms with Gasteiger partial charge in [-0.3, -0.25) is 0 Å². The maximum atomic E-state index is 10.3. The van der Waals surface area contributed by atoms with Crippen molar-refractivity contribution >= 4 is 12.0 Å². The van der Waals surface area contributed by atoms with Crippen LogP contribution in [0.2, 0.25) is 0 Å². The molecule has 2 aromatic rings. The number of rotatable bonds is 3. The number of nitrogens with zero attached hydrogens (tertiary/aromatic N) is 4. The number of carbonyl (C=O) groups is 1. The predicted molar refractivity (Wildman–Crippen MR) is 60.1 cm³/mol. The first kappa shape index (κ1) is 11.5. The molecule has 0 spiro atoms. The molecule has 6 heteroatoms. The van der Waals surface area contributed by atoms with Gasteiger partial charge in [0.15, 0.2) is 5.69 Å². The molecule has 0 saturated heterocycles. The molecule has 0 amide bonds. The number of nitriles is 1. The van der Waals surface area contributed by atoms with E-state index in [1.54, 1.807) is 24.3 Å². The van der Waals surface area contributed by atoms with Crippen LogP contribution in [0.3, 0.4) is 0 Å². The lowest BCUT2D eigenvalue weighted by atomic mass is 10.3. The zero-order valence-corrected chi connectivity index (χ0v) is 9.15. The van der Waals surface area contributed by atoms with Crippen LogP contribution in [0.5, 0.6) is 0 Å². The number of carboxylic acids is 1. The topological polar surface area (TPSA) is 94.6 Å². The molecule has 0 unspecified atom stereocenters. The van der Waals surface area contributed by atoms with Crippen LogP contribution < -0.4 is 5.11 Å². The van der Waals surface area contributed by atoms with Gasteiger partial charge < -0.3 is 9.90 Å². The molecule has 0 bridgehead atoms. The standard InChI is InChI=1S/C12H8N4O2/c13-8-11-10(6-7-12(17)18)14-16(15-11)9-4-2-1-3-5-9/h1-7H,(H,17,18)/p-1/b7-6+. The van der Waals surface area contributed by atoms with E-state index in [4.69, 9.17) is 5.26 Å². The minimum atomic E-state index is -1.35. The van der Waals surface area contributed by atoms with E-state index in [-0.39, 0.29) is 11.4 Å². The summed E-state index contributed by atoms with van der Waals surface area (Å²) in [4.78, 5) is 11.6. The van der Waals surface area contributed by atoms with Crippen molar-refractivity contribution in [2.24, 2.45) is 0 Å². The fraction of sp³-hybridized carbons (Fsp3) is 0. The molecular weight excluding hydrogens is 232 g/mol. The third-order valence-electron chi connectivity index (χ3n) is 2.11. The molecule has 0 radical (unpaired) electrons. The zero-order chi connectivity index (χ0) is 13.0. The second-order valence-corrected chi connectivity index (χ2v) is 3.32. The van der Waals surface area contributed by atoms with Crippen LogP contribution in [-0.4, -0.2) is 21.0 Å². The Balaban J connectivity index is 2.42. The highest BCUT2D eigenvalue weighted by atomic mass is 16.4. The van der Waals surface area contributed by atoms with Gasteiger partial charge in [-0.2, -0.15) is 5.26 Å². The molecule has 0 N–H and O–H groups in total. The first-order valence-electron chi connectivity index (χ1n) is 5.02. The average molecular weight is 239 g/mol. The van der Waals surface area contributed by atoms with Crippen molar-refractivity contribution in [2.45, 2.75) is 0 Å². The van der Waals surface area contributed by atoms with Gasteiger partial charge in [-0.1, -0.05) is 18.2 Å². The maximum Gasteiger partial charge on any atom is 0.190 e. The first-order chi connectivity index (χ1) is 8.70. The van der Waals surface area contributed by atoms with E-state index in [0.717, 1.165) is 6.08 Å². The zero-order valence-electron chi connectivity index (χ0n) is 9.15. The van der Waals surface area contributed by atoms with Crippen molar-refractivity contribution in [1.82, 2.24) is 15.0 Å². The number of aliphatic carboxylic acids is 1. The van der Waals surface area contributed by atoms with E-state index in [0.29, 0.717) is 5.69 Å². The van der Waals surface area contributed by atoms with Crippen LogP contribution in [0.25, 0.3) is 11.8 Å². The molecule has 0 aliphatic rings. The summed E-state index contributed by atoms with van der Waals surface area (Å²) >= 11 is 0. The molecule has 2 rings (SSSR count). The average Bonchev–Trinajstić information content (AvgIpc) is 2.80. The molecule has 1 heterocycles. The lowest BCUT2D eigenvalue weighted by Gasteiger charge is -1.96. The van der Waals surface area contributed by atoms with E-state index in [2.05, 4.69) is 10.2 Å². The van der Waals surface area contributed by atoms with Crippen LogP contribution in [0.15, 0.2) is 36.4 Å². The SMILES string of the molecule is N#Cc1nn(-c2ccccc2)nc1/C=C/C(=O)[O-]. The van der Waals surface area contributed by atoms with Crippen LogP contribution in [0, 0.1) is 11.3 Å². The number of hydrogen-bond acceptors (Lipinski definition) is 5. The van der Waals surface area contributed by atoms with Gasteiger partial charge in [0.2, 0.25) is 0 Å². The summed E-state index contributed by atoms with van der Waals surface area (Å²) in [7, 11) is 0. The van der Waals surface area contributed by atoms with Crippen molar-refractivity contribution in [3.05, 3.63) is 47.8 Å². The minimum Gasteiger partial charge on any atom is -0.545 e. The summed E-state index contributed by atoms with van der Waals surface area (Å²) in [6.45, 7) is 0. The van der Waals surface area contributed by atoms with Gasteiger partial charge in [-0.25, -0.2) is 0 Å². The number of aromatic nitrogens is 3. The van der Waals surface area contributed by atoms with Crippen molar-refractivity contribution in [2.75, 3.05) is 0 Å². The van der Waals surface area contributed by atoms with E-state index in [1.807, 2.05) is 12.1 Å². The minimum absolute atomic E-state index is 0.0522. The molecular formula is C12H7N4O2-. The molecule has 0 atom stereocenters. The van der Waals surface area contributed by atoms with Crippen molar-refractivity contribution in [3.63, 3.8) is 0 Å². The Bertz CT molecular complexity index is 638. The fourth-order valence-electron chi connectivity index (χ4n) is 1.33. The largest absolute Gasteiger partial charge is 0.545 e. The summed E-state index contributed by atoms with van der Waals surface area (Å²) in [5, 5.41) is 27.2. The highest BCUT2D eigenvalue weighted by molar-refractivity contribution is 5.83. The van der Waals surface area contributed by atoms with E-state index >= 15 is 0 Å². The number of carboxylic acid groups (broad SMARTS) is 1. The van der Waals surface area contributed by atoms with Gasteiger partial charge in [0.05, 0.1) is 11.7 Å². The Morgan fingerprint density at radius 3 is 2.67 bits per heavy atom. The number of carbonyl (C=O) groups excluding carboxylic acids is 1. The number of hydrogen-bond donors (Lipinski definition) is 0. The van der Waals surface area contributed by atoms with Gasteiger partial charge >= 0.3 is 0 Å². The smallest absolute Gasteiger partial charge is 0.190 e. The highest BCUT2D eigenvalue weighted by Gasteiger charge is 2.08. The lowest BCUT2D eigenvalue weighted by Crippen LogP contribution is -2.18. The molecule has 1 aromatic carbocycles. The monoisotopic (exact) mass is 239 g/mol. The Hall–Kier alpha value is -2.94. The Morgan fingerprint density at radius 1 is 1.33 bits per heavy atom. The van der Waals surface area contributed by atoms with Gasteiger partial charge in [0, 0.05) is 0 Å². The second-order valence-electron chi connectivity index (χ2n) is 3.32. The van der Waals surface area contributed by atoms with Crippen molar-refractivity contribution in [1.29, 1.82) is 5.26 Å². The molecule has 0 fully saturated rings. The van der Waals surface area contributed by atoms with Crippen LogP contribution in [0.1, 0.15) is 11.4 Å². The maximum absolute atomic E-state index is 10.3.